The zero-order valence-corrected chi connectivity index (χ0v) is 52.3. The van der Waals surface area contributed by atoms with Crippen LogP contribution < -0.4 is 4.74 Å². The Morgan fingerprint density at radius 3 is 1.48 bits per heavy atom. The highest BCUT2D eigenvalue weighted by Crippen LogP contribution is 2.56. The fraction of sp³-hybridized carbons (Fsp3) is 0.438. The van der Waals surface area contributed by atoms with E-state index in [0.29, 0.717) is 0 Å². The molecule has 0 saturated carbocycles. The lowest BCUT2D eigenvalue weighted by Crippen LogP contribution is -2.27. The number of benzene rings is 8. The normalized spacial score (nSPS) is 13.1. The average molecular weight is 1100 g/mol. The summed E-state index contributed by atoms with van der Waals surface area (Å²) >= 11 is 0. The summed E-state index contributed by atoms with van der Waals surface area (Å²) in [7, 11) is 0. The first-order chi connectivity index (χ1) is 40.5. The molecule has 0 unspecified atom stereocenters. The zero-order chi connectivity index (χ0) is 57.8. The molecule has 0 aliphatic heterocycles. The van der Waals surface area contributed by atoms with E-state index < -0.39 is 0 Å². The molecule has 0 saturated heterocycles. The minimum atomic E-state index is -0.201. The highest BCUT2D eigenvalue weighted by molar-refractivity contribution is 6.24. The van der Waals surface area contributed by atoms with Crippen molar-refractivity contribution in [2.75, 3.05) is 6.61 Å². The van der Waals surface area contributed by atoms with Crippen molar-refractivity contribution in [1.29, 1.82) is 0 Å². The molecule has 0 bridgehead atoms. The second kappa shape index (κ2) is 27.5. The molecule has 0 spiro atoms. The third-order valence-electron chi connectivity index (χ3n) is 19.5. The first kappa shape index (κ1) is 59.7. The number of unbranched alkanes of at least 4 members (excludes halogenated alkanes) is 16. The molecule has 83 heavy (non-hydrogen) atoms. The molecular weight excluding hydrogens is 1000 g/mol. The molecule has 0 N–H and O–H groups in total. The second-order valence-corrected chi connectivity index (χ2v) is 25.9. The van der Waals surface area contributed by atoms with E-state index in [0.717, 1.165) is 48.6 Å². The number of ether oxygens (including phenoxy) is 1. The number of nitrogens with zero attached hydrogens (tertiary/aromatic N) is 2. The Balaban J connectivity index is 1.13. The summed E-state index contributed by atoms with van der Waals surface area (Å²) in [6.45, 7) is 20.6. The Morgan fingerprint density at radius 1 is 0.398 bits per heavy atom. The van der Waals surface area contributed by atoms with Crippen LogP contribution in [0.4, 0.5) is 0 Å². The summed E-state index contributed by atoms with van der Waals surface area (Å²) in [5.74, 6) is 1.98. The van der Waals surface area contributed by atoms with Gasteiger partial charge < -0.3 is 9.30 Å². The highest BCUT2D eigenvalue weighted by atomic mass is 16.5. The van der Waals surface area contributed by atoms with Gasteiger partial charge in [-0.25, -0.2) is 4.98 Å². The molecular formula is C80H98N2O. The quantitative estimate of drug-likeness (QED) is 0.0320. The van der Waals surface area contributed by atoms with Gasteiger partial charge in [-0.05, 0) is 135 Å². The molecule has 0 amide bonds. The van der Waals surface area contributed by atoms with Gasteiger partial charge in [0.2, 0.25) is 0 Å². The van der Waals surface area contributed by atoms with E-state index in [1.54, 1.807) is 5.56 Å². The number of rotatable bonds is 31. The van der Waals surface area contributed by atoms with Gasteiger partial charge >= 0.3 is 0 Å². The maximum atomic E-state index is 6.38. The van der Waals surface area contributed by atoms with Crippen LogP contribution in [0.25, 0.3) is 66.2 Å². The second-order valence-electron chi connectivity index (χ2n) is 25.9. The lowest BCUT2D eigenvalue weighted by Gasteiger charge is -2.35. The van der Waals surface area contributed by atoms with E-state index in [9.17, 15) is 0 Å². The molecule has 3 heteroatoms. The van der Waals surface area contributed by atoms with Crippen LogP contribution in [-0.4, -0.2) is 16.2 Å². The minimum absolute atomic E-state index is 0.0600. The van der Waals surface area contributed by atoms with Gasteiger partial charge in [0.1, 0.15) is 11.6 Å². The maximum Gasteiger partial charge on any atom is 0.141 e. The lowest BCUT2D eigenvalue weighted by molar-refractivity contribution is 0.304. The Morgan fingerprint density at radius 2 is 0.867 bits per heavy atom. The molecule has 9 aromatic rings. The molecule has 434 valence electrons. The number of imidazole rings is 1. The predicted octanol–water partition coefficient (Wildman–Crippen LogP) is 23.6. The molecule has 3 nitrogen and oxygen atoms in total. The van der Waals surface area contributed by atoms with Crippen LogP contribution in [0.3, 0.4) is 0 Å². The van der Waals surface area contributed by atoms with Crippen molar-refractivity contribution < 1.29 is 4.74 Å². The molecule has 10 rings (SSSR count). The lowest BCUT2D eigenvalue weighted by atomic mass is 9.68. The number of aromatic nitrogens is 2. The highest BCUT2D eigenvalue weighted by Gasteiger charge is 2.43. The third-order valence-corrected chi connectivity index (χ3v) is 19.5. The molecule has 0 atom stereocenters. The topological polar surface area (TPSA) is 27.1 Å². The Hall–Kier alpha value is -6.45. The number of hydrogen-bond acceptors (Lipinski definition) is 2. The summed E-state index contributed by atoms with van der Waals surface area (Å²) in [6.07, 6.45) is 27.4. The van der Waals surface area contributed by atoms with Gasteiger partial charge in [0.05, 0.1) is 17.6 Å². The smallest absolute Gasteiger partial charge is 0.141 e. The van der Waals surface area contributed by atoms with E-state index in [4.69, 9.17) is 9.72 Å². The van der Waals surface area contributed by atoms with Crippen molar-refractivity contribution >= 4 is 32.6 Å². The van der Waals surface area contributed by atoms with Crippen molar-refractivity contribution in [3.63, 3.8) is 0 Å². The van der Waals surface area contributed by atoms with Gasteiger partial charge in [-0.1, -0.05) is 286 Å². The fourth-order valence-corrected chi connectivity index (χ4v) is 14.2. The van der Waals surface area contributed by atoms with Crippen molar-refractivity contribution in [2.45, 2.75) is 219 Å². The Bertz CT molecular complexity index is 3530. The van der Waals surface area contributed by atoms with Gasteiger partial charge in [0.25, 0.3) is 0 Å². The summed E-state index contributed by atoms with van der Waals surface area (Å²) in [5.41, 5.74) is 17.0. The van der Waals surface area contributed by atoms with Crippen LogP contribution in [0.15, 0.2) is 158 Å². The van der Waals surface area contributed by atoms with Gasteiger partial charge in [0, 0.05) is 39.1 Å². The molecule has 1 aliphatic carbocycles. The van der Waals surface area contributed by atoms with Crippen LogP contribution in [0.2, 0.25) is 0 Å². The largest absolute Gasteiger partial charge is 0.494 e. The Kier molecular flexibility index (Phi) is 19.8. The molecule has 1 aliphatic rings. The number of fused-ring (bicyclic) bond motifs is 9. The number of hydrogen-bond donors (Lipinski definition) is 0. The predicted molar refractivity (Wildman–Crippen MR) is 359 cm³/mol. The van der Waals surface area contributed by atoms with E-state index in [1.807, 2.05) is 0 Å². The standard InChI is InChI=1S/C80H98N2O/c1-9-13-17-21-23-33-53-82-76-72-57-64(78(5,6)62-35-27-25-28-36-62)43-49-68(72)67-47-41-60(55-71(67)75(76)81-77(82)59-39-45-66(46-40-59)83-54-34-24-22-18-14-10-2)61-42-48-69-70-50-44-65(79(7,8)63-37-29-26-30-38-63)58-74(70)80(73(69)56-61,51-31-19-15-11-3)52-32-20-16-12-4/h25-30,35-50,55-58H,9-24,31-34,51-54H2,1-8H3. The van der Waals surface area contributed by atoms with Crippen LogP contribution >= 0.6 is 0 Å². The average Bonchev–Trinajstić information content (AvgIpc) is 1.88. The van der Waals surface area contributed by atoms with Gasteiger partial charge in [-0.3, -0.25) is 0 Å². The van der Waals surface area contributed by atoms with E-state index >= 15 is 0 Å². The summed E-state index contributed by atoms with van der Waals surface area (Å²) < 4.78 is 8.99. The van der Waals surface area contributed by atoms with Gasteiger partial charge in [0.15, 0.2) is 0 Å². The van der Waals surface area contributed by atoms with Crippen LogP contribution in [-0.2, 0) is 22.8 Å². The summed E-state index contributed by atoms with van der Waals surface area (Å²) in [4.78, 5) is 5.89. The molecule has 1 aromatic heterocycles. The van der Waals surface area contributed by atoms with Crippen LogP contribution in [0.5, 0.6) is 5.75 Å². The molecule has 0 radical (unpaired) electrons. The van der Waals surface area contributed by atoms with Crippen molar-refractivity contribution in [3.05, 3.63) is 191 Å². The van der Waals surface area contributed by atoms with Crippen LogP contribution in [0, 0.1) is 0 Å². The summed E-state index contributed by atoms with van der Waals surface area (Å²) in [5, 5.41) is 5.06. The van der Waals surface area contributed by atoms with Crippen molar-refractivity contribution in [2.24, 2.45) is 0 Å². The molecule has 1 heterocycles. The van der Waals surface area contributed by atoms with Crippen LogP contribution in [0.1, 0.15) is 230 Å². The maximum absolute atomic E-state index is 6.38. The third kappa shape index (κ3) is 12.8. The van der Waals surface area contributed by atoms with Crippen molar-refractivity contribution in [3.8, 4) is 39.4 Å². The zero-order valence-electron chi connectivity index (χ0n) is 52.3. The van der Waals surface area contributed by atoms with Crippen molar-refractivity contribution in [1.82, 2.24) is 9.55 Å². The number of aryl methyl sites for hydroxylation is 1. The van der Waals surface area contributed by atoms with E-state index in [2.05, 4.69) is 218 Å². The van der Waals surface area contributed by atoms with E-state index in [-0.39, 0.29) is 16.2 Å². The van der Waals surface area contributed by atoms with Gasteiger partial charge in [-0.2, -0.15) is 0 Å². The monoisotopic (exact) mass is 1100 g/mol. The molecule has 8 aromatic carbocycles. The molecule has 0 fully saturated rings. The SMILES string of the molecule is CCCCCCCCOc1ccc(-c2nc3c4cc(-c5ccc6c(c5)C(CCCCCC)(CCCCCC)c5cc(C(C)(C)c7ccccc7)ccc5-6)ccc4c4ccc(C(C)(C)c5ccccc5)cc4c3n2CCCCCCCC)cc1. The first-order valence-corrected chi connectivity index (χ1v) is 33.1. The Labute approximate surface area is 500 Å². The van der Waals surface area contributed by atoms with Gasteiger partial charge in [-0.15, -0.1) is 0 Å². The summed E-state index contributed by atoms with van der Waals surface area (Å²) in [6, 6.07) is 61.0. The minimum Gasteiger partial charge on any atom is -0.494 e. The first-order valence-electron chi connectivity index (χ1n) is 33.1. The van der Waals surface area contributed by atoms with E-state index in [1.165, 1.54) is 206 Å². The fourth-order valence-electron chi connectivity index (χ4n) is 14.2.